The maximum absolute atomic E-state index is 12.7. The lowest BCUT2D eigenvalue weighted by atomic mass is 10.2. The van der Waals surface area contributed by atoms with Gasteiger partial charge in [0.25, 0.3) is 0 Å². The van der Waals surface area contributed by atoms with Gasteiger partial charge in [-0.15, -0.1) is 0 Å². The number of carbonyl (C=O) groups excluding carboxylic acids is 2. The summed E-state index contributed by atoms with van der Waals surface area (Å²) < 4.78 is 70.5. The molecular weight excluding hydrogens is 427 g/mol. The standard InChI is InChI=1S/C18H20F3N3O5S/c1-4-29-17(26)15-10(2)23-11(3)16(15)30(27,28)22-9-14(25)24-13-7-5-6-12(8-13)18(19,20)21/h5-8,22-23H,4,9H2,1-3H3,(H,24,25). The molecule has 8 nitrogen and oxygen atoms in total. The van der Waals surface area contributed by atoms with Gasteiger partial charge in [0.1, 0.15) is 10.5 Å². The average Bonchev–Trinajstić information content (AvgIpc) is 2.95. The Labute approximate surface area is 170 Å². The van der Waals surface area contributed by atoms with E-state index in [4.69, 9.17) is 4.74 Å². The number of halogens is 3. The number of H-pyrrole nitrogens is 1. The molecule has 0 fully saturated rings. The fraction of sp³-hybridized carbons (Fsp3) is 0.333. The third-order valence-corrected chi connectivity index (χ3v) is 5.53. The molecule has 0 unspecified atom stereocenters. The Morgan fingerprint density at radius 3 is 2.43 bits per heavy atom. The molecule has 30 heavy (non-hydrogen) atoms. The lowest BCUT2D eigenvalue weighted by Gasteiger charge is -2.11. The molecule has 3 N–H and O–H groups in total. The van der Waals surface area contributed by atoms with E-state index >= 15 is 0 Å². The molecule has 0 aliphatic rings. The van der Waals surface area contributed by atoms with Gasteiger partial charge in [-0.3, -0.25) is 4.79 Å². The van der Waals surface area contributed by atoms with Crippen molar-refractivity contribution in [1.29, 1.82) is 0 Å². The van der Waals surface area contributed by atoms with Crippen molar-refractivity contribution in [2.75, 3.05) is 18.5 Å². The van der Waals surface area contributed by atoms with Crippen molar-refractivity contribution in [3.63, 3.8) is 0 Å². The van der Waals surface area contributed by atoms with E-state index in [2.05, 4.69) is 10.3 Å². The molecule has 2 rings (SSSR count). The Balaban J connectivity index is 2.16. The van der Waals surface area contributed by atoms with Gasteiger partial charge in [-0.1, -0.05) is 6.07 Å². The molecule has 0 saturated heterocycles. The SMILES string of the molecule is CCOC(=O)c1c(C)[nH]c(C)c1S(=O)(=O)NCC(=O)Nc1cccc(C(F)(F)F)c1. The molecule has 1 amide bonds. The number of nitrogens with one attached hydrogen (secondary N) is 3. The molecule has 0 radical (unpaired) electrons. The van der Waals surface area contributed by atoms with Crippen LogP contribution in [0.3, 0.4) is 0 Å². The van der Waals surface area contributed by atoms with E-state index in [1.807, 2.05) is 4.72 Å². The van der Waals surface area contributed by atoms with Crippen LogP contribution in [0.4, 0.5) is 18.9 Å². The highest BCUT2D eigenvalue weighted by atomic mass is 32.2. The second kappa shape index (κ2) is 8.88. The van der Waals surface area contributed by atoms with Crippen molar-refractivity contribution in [1.82, 2.24) is 9.71 Å². The summed E-state index contributed by atoms with van der Waals surface area (Å²) in [5.41, 5.74) is -0.838. The van der Waals surface area contributed by atoms with E-state index in [1.165, 1.54) is 19.9 Å². The first-order valence-corrected chi connectivity index (χ1v) is 10.2. The molecule has 164 valence electrons. The largest absolute Gasteiger partial charge is 0.462 e. The summed E-state index contributed by atoms with van der Waals surface area (Å²) >= 11 is 0. The minimum Gasteiger partial charge on any atom is -0.462 e. The van der Waals surface area contributed by atoms with Crippen LogP contribution in [0.1, 0.15) is 34.2 Å². The van der Waals surface area contributed by atoms with Crippen LogP contribution in [0.5, 0.6) is 0 Å². The van der Waals surface area contributed by atoms with E-state index in [9.17, 15) is 31.2 Å². The molecule has 1 aromatic carbocycles. The fourth-order valence-electron chi connectivity index (χ4n) is 2.75. The Kier molecular flexibility index (Phi) is 6.93. The number of aromatic amines is 1. The first-order valence-electron chi connectivity index (χ1n) is 8.70. The van der Waals surface area contributed by atoms with Crippen molar-refractivity contribution in [3.05, 3.63) is 46.8 Å². The van der Waals surface area contributed by atoms with Gasteiger partial charge in [-0.05, 0) is 39.0 Å². The summed E-state index contributed by atoms with van der Waals surface area (Å²) in [6.07, 6.45) is -4.59. The molecule has 1 aromatic heterocycles. The van der Waals surface area contributed by atoms with Crippen LogP contribution < -0.4 is 10.0 Å². The predicted octanol–water partition coefficient (Wildman–Crippen LogP) is 2.74. The number of amides is 1. The van der Waals surface area contributed by atoms with Crippen molar-refractivity contribution >= 4 is 27.6 Å². The van der Waals surface area contributed by atoms with Crippen molar-refractivity contribution in [2.24, 2.45) is 0 Å². The normalized spacial score (nSPS) is 11.9. The number of benzene rings is 1. The first-order chi connectivity index (χ1) is 13.9. The number of alkyl halides is 3. The van der Waals surface area contributed by atoms with Crippen molar-refractivity contribution in [2.45, 2.75) is 31.8 Å². The zero-order chi connectivity index (χ0) is 22.7. The number of hydrogen-bond acceptors (Lipinski definition) is 5. The monoisotopic (exact) mass is 447 g/mol. The van der Waals surface area contributed by atoms with Gasteiger partial charge in [0.05, 0.1) is 18.7 Å². The van der Waals surface area contributed by atoms with E-state index in [1.54, 1.807) is 6.92 Å². The van der Waals surface area contributed by atoms with Gasteiger partial charge >= 0.3 is 12.1 Å². The van der Waals surface area contributed by atoms with E-state index in [0.717, 1.165) is 18.2 Å². The van der Waals surface area contributed by atoms with Gasteiger partial charge in [0, 0.05) is 17.1 Å². The third kappa shape index (κ3) is 5.39. The number of esters is 1. The van der Waals surface area contributed by atoms with Crippen LogP contribution in [0.25, 0.3) is 0 Å². The molecule has 12 heteroatoms. The van der Waals surface area contributed by atoms with E-state index in [0.29, 0.717) is 0 Å². The van der Waals surface area contributed by atoms with Crippen LogP contribution in [0.2, 0.25) is 0 Å². The molecule has 1 heterocycles. The summed E-state index contributed by atoms with van der Waals surface area (Å²) in [6, 6.07) is 3.91. The second-order valence-electron chi connectivity index (χ2n) is 6.25. The van der Waals surface area contributed by atoms with Crippen LogP contribution >= 0.6 is 0 Å². The summed E-state index contributed by atoms with van der Waals surface area (Å²) in [5.74, 6) is -1.73. The minimum absolute atomic E-state index is 0.0365. The maximum Gasteiger partial charge on any atom is 0.416 e. The number of ether oxygens (including phenoxy) is 1. The first kappa shape index (κ1) is 23.4. The molecular formula is C18H20F3N3O5S. The van der Waals surface area contributed by atoms with Crippen LogP contribution in [-0.4, -0.2) is 38.4 Å². The molecule has 0 bridgehead atoms. The fourth-order valence-corrected chi connectivity index (χ4v) is 4.18. The van der Waals surface area contributed by atoms with Gasteiger partial charge in [-0.2, -0.15) is 13.2 Å². The zero-order valence-electron chi connectivity index (χ0n) is 16.3. The highest BCUT2D eigenvalue weighted by Crippen LogP contribution is 2.30. The highest BCUT2D eigenvalue weighted by Gasteiger charge is 2.31. The number of rotatable bonds is 7. The predicted molar refractivity (Wildman–Crippen MR) is 101 cm³/mol. The van der Waals surface area contributed by atoms with Gasteiger partial charge in [0.15, 0.2) is 0 Å². The average molecular weight is 447 g/mol. The number of sulfonamides is 1. The topological polar surface area (TPSA) is 117 Å². The van der Waals surface area contributed by atoms with Gasteiger partial charge in [0.2, 0.25) is 15.9 Å². The zero-order valence-corrected chi connectivity index (χ0v) is 17.1. The summed E-state index contributed by atoms with van der Waals surface area (Å²) in [7, 11) is -4.31. The lowest BCUT2D eigenvalue weighted by Crippen LogP contribution is -2.34. The summed E-state index contributed by atoms with van der Waals surface area (Å²) in [4.78, 5) is 26.6. The van der Waals surface area contributed by atoms with Gasteiger partial charge < -0.3 is 15.0 Å². The number of aryl methyl sites for hydroxylation is 2. The van der Waals surface area contributed by atoms with Crippen molar-refractivity contribution in [3.8, 4) is 0 Å². The molecule has 2 aromatic rings. The van der Waals surface area contributed by atoms with Crippen LogP contribution in [-0.2, 0) is 25.7 Å². The second-order valence-corrected chi connectivity index (χ2v) is 7.95. The van der Waals surface area contributed by atoms with Crippen LogP contribution in [0, 0.1) is 13.8 Å². The highest BCUT2D eigenvalue weighted by molar-refractivity contribution is 7.89. The lowest BCUT2D eigenvalue weighted by molar-refractivity contribution is -0.137. The molecule has 0 atom stereocenters. The van der Waals surface area contributed by atoms with Crippen molar-refractivity contribution < 1.29 is 35.9 Å². The number of anilines is 1. The Bertz CT molecular complexity index is 1060. The Morgan fingerprint density at radius 1 is 1.17 bits per heavy atom. The third-order valence-electron chi connectivity index (χ3n) is 3.96. The summed E-state index contributed by atoms with van der Waals surface area (Å²) in [5, 5.41) is 2.19. The number of carbonyl (C=O) groups is 2. The van der Waals surface area contributed by atoms with Gasteiger partial charge in [-0.25, -0.2) is 17.9 Å². The molecule has 0 aliphatic heterocycles. The maximum atomic E-state index is 12.7. The van der Waals surface area contributed by atoms with E-state index in [-0.39, 0.29) is 34.1 Å². The Morgan fingerprint density at radius 2 is 1.83 bits per heavy atom. The minimum atomic E-state index is -4.59. The van der Waals surface area contributed by atoms with E-state index < -0.39 is 40.2 Å². The molecule has 0 aliphatic carbocycles. The molecule has 0 saturated carbocycles. The molecule has 0 spiro atoms. The smallest absolute Gasteiger partial charge is 0.416 e. The summed E-state index contributed by atoms with van der Waals surface area (Å²) in [6.45, 7) is 3.78. The van der Waals surface area contributed by atoms with Crippen LogP contribution in [0.15, 0.2) is 29.2 Å². The number of aromatic nitrogens is 1. The Hall–Kier alpha value is -2.86. The quantitative estimate of drug-likeness (QED) is 0.564. The number of hydrogen-bond donors (Lipinski definition) is 3.